The van der Waals surface area contributed by atoms with Gasteiger partial charge in [-0.2, -0.15) is 0 Å². The zero-order chi connectivity index (χ0) is 49.2. The van der Waals surface area contributed by atoms with Crippen LogP contribution >= 0.6 is 7.82 Å². The first-order chi connectivity index (χ1) is 32.4. The van der Waals surface area contributed by atoms with Crippen molar-refractivity contribution >= 4 is 19.8 Å². The van der Waals surface area contributed by atoms with Crippen molar-refractivity contribution in [1.82, 2.24) is 0 Å². The number of aliphatic hydroxyl groups excluding tert-OH is 5. The zero-order valence-corrected chi connectivity index (χ0v) is 42.1. The van der Waals surface area contributed by atoms with Crippen LogP contribution in [0.2, 0.25) is 0 Å². The fourth-order valence-corrected chi connectivity index (χ4v) is 8.33. The highest BCUT2D eigenvalue weighted by Crippen LogP contribution is 2.47. The molecule has 1 fully saturated rings. The quantitative estimate of drug-likeness (QED) is 0.0146. The average Bonchev–Trinajstić information content (AvgIpc) is 3.31. The number of esters is 2. The Morgan fingerprint density at radius 3 is 1.24 bits per heavy atom. The summed E-state index contributed by atoms with van der Waals surface area (Å²) < 4.78 is 33.6. The fraction of sp³-hybridized carbons (Fsp3) is 0.736. The molecule has 67 heavy (non-hydrogen) atoms. The standard InChI is InChI=1S/C53H91O13P/c1-3-5-7-9-11-13-15-17-19-21-23-25-27-29-31-33-35-37-39-41-46(54)63-43-45(44-64-67(61,62)66-53-51(59)49(57)48(56)50(58)52(53)60)65-47(55)42-40-38-36-34-32-30-28-26-24-22-20-18-16-14-12-10-8-6-4-2/h11-14,17-20,24,26,30,32,45,48-53,56-60H,3-10,15-16,21-23,25,27-29,31,33-44H2,1-2H3,(H,61,62)/b13-11-,14-12-,19-17-,20-18-,26-24-,32-30-/t45-,48?,49-,50?,51?,52?,53?/m1/s1. The Hall–Kier alpha value is -2.71. The van der Waals surface area contributed by atoms with Crippen LogP contribution in [0.4, 0.5) is 0 Å². The molecule has 1 aliphatic rings. The van der Waals surface area contributed by atoms with Crippen molar-refractivity contribution in [1.29, 1.82) is 0 Å². The van der Waals surface area contributed by atoms with Crippen molar-refractivity contribution < 1.29 is 63.1 Å². The van der Waals surface area contributed by atoms with Gasteiger partial charge >= 0.3 is 19.8 Å². The van der Waals surface area contributed by atoms with Gasteiger partial charge in [-0.1, -0.05) is 164 Å². The molecule has 13 nitrogen and oxygen atoms in total. The van der Waals surface area contributed by atoms with Gasteiger partial charge in [0.2, 0.25) is 0 Å². The Morgan fingerprint density at radius 2 is 0.806 bits per heavy atom. The Bertz CT molecular complexity index is 1440. The summed E-state index contributed by atoms with van der Waals surface area (Å²) in [6.45, 7) is 3.23. The molecule has 1 aliphatic carbocycles. The van der Waals surface area contributed by atoms with Gasteiger partial charge in [-0.3, -0.25) is 18.6 Å². The van der Waals surface area contributed by atoms with Crippen LogP contribution in [-0.2, 0) is 32.7 Å². The molecule has 6 N–H and O–H groups in total. The maximum atomic E-state index is 12.9. The molecule has 1 rings (SSSR count). The van der Waals surface area contributed by atoms with E-state index in [-0.39, 0.29) is 12.8 Å². The lowest BCUT2D eigenvalue weighted by atomic mass is 9.85. The summed E-state index contributed by atoms with van der Waals surface area (Å²) in [5.41, 5.74) is 0. The van der Waals surface area contributed by atoms with E-state index in [0.717, 1.165) is 83.5 Å². The Morgan fingerprint density at radius 1 is 0.463 bits per heavy atom. The molecule has 8 atom stereocenters. The van der Waals surface area contributed by atoms with E-state index in [1.165, 1.54) is 70.6 Å². The van der Waals surface area contributed by atoms with E-state index in [0.29, 0.717) is 12.8 Å². The minimum atomic E-state index is -5.14. The number of allylic oxidation sites excluding steroid dienone is 12. The minimum Gasteiger partial charge on any atom is -0.462 e. The lowest BCUT2D eigenvalue weighted by Gasteiger charge is -2.41. The molecule has 0 aliphatic heterocycles. The Labute approximate surface area is 404 Å². The van der Waals surface area contributed by atoms with E-state index in [9.17, 15) is 44.6 Å². The van der Waals surface area contributed by atoms with Crippen molar-refractivity contribution in [2.75, 3.05) is 13.2 Å². The number of aliphatic hydroxyl groups is 5. The molecule has 6 unspecified atom stereocenters. The first kappa shape index (κ1) is 62.3. The van der Waals surface area contributed by atoms with E-state index in [1.807, 2.05) is 0 Å². The van der Waals surface area contributed by atoms with Crippen molar-refractivity contribution in [2.24, 2.45) is 0 Å². The Kier molecular flexibility index (Phi) is 39.2. The second-order valence-electron chi connectivity index (χ2n) is 17.7. The van der Waals surface area contributed by atoms with E-state index < -0.39 is 75.7 Å². The van der Waals surface area contributed by atoms with Crippen LogP contribution in [0.1, 0.15) is 194 Å². The van der Waals surface area contributed by atoms with Gasteiger partial charge in [0.15, 0.2) is 6.10 Å². The summed E-state index contributed by atoms with van der Waals surface area (Å²) in [5.74, 6) is -1.14. The van der Waals surface area contributed by atoms with E-state index in [2.05, 4.69) is 86.8 Å². The molecule has 0 aromatic carbocycles. The maximum Gasteiger partial charge on any atom is 0.472 e. The number of phosphoric acid groups is 1. The average molecular weight is 967 g/mol. The molecule has 0 heterocycles. The number of carbonyl (C=O) groups is 2. The van der Waals surface area contributed by atoms with E-state index >= 15 is 0 Å². The molecule has 0 aromatic rings. The summed E-state index contributed by atoms with van der Waals surface area (Å²) in [6.07, 6.45) is 40.8. The van der Waals surface area contributed by atoms with Crippen molar-refractivity contribution in [3.05, 3.63) is 72.9 Å². The SMILES string of the molecule is CCCCC/C=C\C/C=C\C/C=C\C/C=C\CCCCCC(=O)O[C@H](COC(=O)CCCCCCCCCCC/C=C\C/C=C\CCCCC)COP(=O)(O)OC1C(O)C(O)C(O)[C@@H](O)C1O. The number of carbonyl (C=O) groups excluding carboxylic acids is 2. The molecule has 386 valence electrons. The second-order valence-corrected chi connectivity index (χ2v) is 19.1. The van der Waals surface area contributed by atoms with Crippen LogP contribution in [0.5, 0.6) is 0 Å². The van der Waals surface area contributed by atoms with Gasteiger partial charge in [-0.25, -0.2) is 4.57 Å². The van der Waals surface area contributed by atoms with Gasteiger partial charge in [0.25, 0.3) is 0 Å². The highest BCUT2D eigenvalue weighted by atomic mass is 31.2. The van der Waals surface area contributed by atoms with Gasteiger partial charge in [0, 0.05) is 12.8 Å². The van der Waals surface area contributed by atoms with E-state index in [1.54, 1.807) is 0 Å². The Balaban J connectivity index is 2.44. The predicted octanol–water partition coefficient (Wildman–Crippen LogP) is 11.1. The first-order valence-electron chi connectivity index (χ1n) is 25.7. The monoisotopic (exact) mass is 967 g/mol. The highest BCUT2D eigenvalue weighted by Gasteiger charge is 2.51. The predicted molar refractivity (Wildman–Crippen MR) is 267 cm³/mol. The fourth-order valence-electron chi connectivity index (χ4n) is 7.36. The summed E-state index contributed by atoms with van der Waals surface area (Å²) in [5, 5.41) is 50.3. The third kappa shape index (κ3) is 34.3. The van der Waals surface area contributed by atoms with Crippen LogP contribution in [0.15, 0.2) is 72.9 Å². The molecule has 0 radical (unpaired) electrons. The number of ether oxygens (including phenoxy) is 2. The summed E-state index contributed by atoms with van der Waals surface area (Å²) >= 11 is 0. The summed E-state index contributed by atoms with van der Waals surface area (Å²) in [6, 6.07) is 0. The molecule has 0 amide bonds. The number of rotatable bonds is 42. The topological polar surface area (TPSA) is 210 Å². The molecule has 0 spiro atoms. The van der Waals surface area contributed by atoms with Crippen molar-refractivity contribution in [3.63, 3.8) is 0 Å². The molecule has 1 saturated carbocycles. The van der Waals surface area contributed by atoms with Gasteiger partial charge < -0.3 is 39.9 Å². The normalized spacial score (nSPS) is 21.7. The molecule has 0 bridgehead atoms. The van der Waals surface area contributed by atoms with Gasteiger partial charge in [-0.05, 0) is 89.9 Å². The van der Waals surface area contributed by atoms with E-state index in [4.69, 9.17) is 18.5 Å². The molecule has 0 saturated heterocycles. The molecule has 14 heteroatoms. The largest absolute Gasteiger partial charge is 0.472 e. The van der Waals surface area contributed by atoms with Crippen LogP contribution in [0.3, 0.4) is 0 Å². The maximum absolute atomic E-state index is 12.9. The molecular formula is C53H91O13P. The molecule has 0 aromatic heterocycles. The first-order valence-corrected chi connectivity index (χ1v) is 27.2. The number of unbranched alkanes of at least 4 members (excludes halogenated alkanes) is 18. The second kappa shape index (κ2) is 42.2. The van der Waals surface area contributed by atoms with Crippen molar-refractivity contribution in [2.45, 2.75) is 236 Å². The smallest absolute Gasteiger partial charge is 0.462 e. The lowest BCUT2D eigenvalue weighted by Crippen LogP contribution is -2.64. The third-order valence-corrected chi connectivity index (χ3v) is 12.5. The van der Waals surface area contributed by atoms with Crippen LogP contribution in [0.25, 0.3) is 0 Å². The lowest BCUT2D eigenvalue weighted by molar-refractivity contribution is -0.220. The number of hydrogen-bond acceptors (Lipinski definition) is 12. The zero-order valence-electron chi connectivity index (χ0n) is 41.2. The van der Waals surface area contributed by atoms with Crippen LogP contribution in [0, 0.1) is 0 Å². The minimum absolute atomic E-state index is 0.0552. The third-order valence-electron chi connectivity index (χ3n) is 11.5. The van der Waals surface area contributed by atoms with Crippen LogP contribution in [-0.4, -0.2) is 98.3 Å². The van der Waals surface area contributed by atoms with Crippen LogP contribution < -0.4 is 0 Å². The number of hydrogen-bond donors (Lipinski definition) is 6. The molecular weight excluding hydrogens is 876 g/mol. The number of phosphoric ester groups is 1. The van der Waals surface area contributed by atoms with Gasteiger partial charge in [0.1, 0.15) is 43.2 Å². The van der Waals surface area contributed by atoms with Crippen molar-refractivity contribution in [3.8, 4) is 0 Å². The van der Waals surface area contributed by atoms with Gasteiger partial charge in [-0.15, -0.1) is 0 Å². The summed E-state index contributed by atoms with van der Waals surface area (Å²) in [7, 11) is -5.14. The highest BCUT2D eigenvalue weighted by molar-refractivity contribution is 7.47. The summed E-state index contributed by atoms with van der Waals surface area (Å²) in [4.78, 5) is 35.8. The van der Waals surface area contributed by atoms with Gasteiger partial charge in [0.05, 0.1) is 6.61 Å².